The summed E-state index contributed by atoms with van der Waals surface area (Å²) in [5.74, 6) is 0.371. The lowest BCUT2D eigenvalue weighted by Gasteiger charge is -2.32. The van der Waals surface area contributed by atoms with E-state index in [1.807, 2.05) is 49.1 Å². The van der Waals surface area contributed by atoms with Crippen molar-refractivity contribution in [1.29, 1.82) is 0 Å². The zero-order chi connectivity index (χ0) is 13.3. The third-order valence-electron chi connectivity index (χ3n) is 3.46. The highest BCUT2D eigenvalue weighted by atomic mass is 16.6. The van der Waals surface area contributed by atoms with Crippen molar-refractivity contribution in [3.05, 3.63) is 35.9 Å². The van der Waals surface area contributed by atoms with Gasteiger partial charge in [-0.25, -0.2) is 4.79 Å². The second kappa shape index (κ2) is 4.63. The molecule has 1 aromatic carbocycles. The standard InChI is InChI=1S/C15H21NO2/c1-11(2)13-15(3,4)18-14(17)16(13)10-12-8-6-5-7-9-12/h5-9,11,13H,10H2,1-4H3. The number of amides is 1. The van der Waals surface area contributed by atoms with Crippen molar-refractivity contribution in [2.75, 3.05) is 0 Å². The van der Waals surface area contributed by atoms with Crippen molar-refractivity contribution in [3.63, 3.8) is 0 Å². The van der Waals surface area contributed by atoms with Crippen LogP contribution in [0.25, 0.3) is 0 Å². The van der Waals surface area contributed by atoms with E-state index in [0.29, 0.717) is 12.5 Å². The number of benzene rings is 1. The van der Waals surface area contributed by atoms with E-state index in [2.05, 4.69) is 13.8 Å². The largest absolute Gasteiger partial charge is 0.441 e. The van der Waals surface area contributed by atoms with Crippen molar-refractivity contribution < 1.29 is 9.53 Å². The first kappa shape index (κ1) is 12.9. The Morgan fingerprint density at radius 1 is 1.28 bits per heavy atom. The van der Waals surface area contributed by atoms with Crippen LogP contribution in [0.3, 0.4) is 0 Å². The number of carbonyl (C=O) groups is 1. The van der Waals surface area contributed by atoms with Crippen molar-refractivity contribution >= 4 is 6.09 Å². The first-order valence-corrected chi connectivity index (χ1v) is 6.45. The van der Waals surface area contributed by atoms with Crippen LogP contribution in [0.4, 0.5) is 4.79 Å². The Morgan fingerprint density at radius 3 is 2.44 bits per heavy atom. The maximum absolute atomic E-state index is 12.0. The number of carbonyl (C=O) groups excluding carboxylic acids is 1. The molecule has 0 N–H and O–H groups in total. The topological polar surface area (TPSA) is 29.5 Å². The number of cyclic esters (lactones) is 1. The highest BCUT2D eigenvalue weighted by Crippen LogP contribution is 2.34. The van der Waals surface area contributed by atoms with Gasteiger partial charge in [-0.3, -0.25) is 4.90 Å². The van der Waals surface area contributed by atoms with Crippen LogP contribution < -0.4 is 0 Å². The van der Waals surface area contributed by atoms with E-state index < -0.39 is 5.60 Å². The number of hydrogen-bond donors (Lipinski definition) is 0. The Bertz CT molecular complexity index is 425. The molecule has 1 unspecified atom stereocenters. The molecule has 1 saturated heterocycles. The molecule has 1 aliphatic heterocycles. The van der Waals surface area contributed by atoms with E-state index in [4.69, 9.17) is 4.74 Å². The molecule has 1 atom stereocenters. The molecule has 0 spiro atoms. The van der Waals surface area contributed by atoms with Crippen LogP contribution in [-0.2, 0) is 11.3 Å². The minimum atomic E-state index is -0.417. The molecule has 3 heteroatoms. The summed E-state index contributed by atoms with van der Waals surface area (Å²) in [5, 5.41) is 0. The Morgan fingerprint density at radius 2 is 1.89 bits per heavy atom. The smallest absolute Gasteiger partial charge is 0.411 e. The van der Waals surface area contributed by atoms with Crippen molar-refractivity contribution in [3.8, 4) is 0 Å². The molecule has 0 saturated carbocycles. The normalized spacial score (nSPS) is 22.4. The Balaban J connectivity index is 2.23. The lowest BCUT2D eigenvalue weighted by Crippen LogP contribution is -2.44. The third-order valence-corrected chi connectivity index (χ3v) is 3.46. The van der Waals surface area contributed by atoms with Crippen LogP contribution in [0.1, 0.15) is 33.3 Å². The number of ether oxygens (including phenoxy) is 1. The van der Waals surface area contributed by atoms with Crippen molar-refractivity contribution in [1.82, 2.24) is 4.90 Å². The Hall–Kier alpha value is -1.51. The van der Waals surface area contributed by atoms with Gasteiger partial charge in [-0.2, -0.15) is 0 Å². The first-order chi connectivity index (χ1) is 8.42. The van der Waals surface area contributed by atoms with Crippen molar-refractivity contribution in [2.24, 2.45) is 5.92 Å². The Kier molecular flexibility index (Phi) is 3.33. The highest BCUT2D eigenvalue weighted by molar-refractivity contribution is 5.71. The van der Waals surface area contributed by atoms with E-state index in [9.17, 15) is 4.79 Å². The van der Waals surface area contributed by atoms with Gasteiger partial charge in [-0.05, 0) is 25.3 Å². The minimum absolute atomic E-state index is 0.116. The molecule has 1 fully saturated rings. The number of hydrogen-bond acceptors (Lipinski definition) is 2. The van der Waals surface area contributed by atoms with Gasteiger partial charge in [0.05, 0.1) is 6.04 Å². The zero-order valence-electron chi connectivity index (χ0n) is 11.5. The SMILES string of the molecule is CC(C)C1N(Cc2ccccc2)C(=O)OC1(C)C. The monoisotopic (exact) mass is 247 g/mol. The molecule has 0 aromatic heterocycles. The van der Waals surface area contributed by atoms with Crippen LogP contribution in [0, 0.1) is 5.92 Å². The molecule has 2 rings (SSSR count). The highest BCUT2D eigenvalue weighted by Gasteiger charge is 2.48. The molecule has 3 nitrogen and oxygen atoms in total. The second-order valence-corrected chi connectivity index (χ2v) is 5.77. The number of nitrogens with zero attached hydrogens (tertiary/aromatic N) is 1. The van der Waals surface area contributed by atoms with E-state index in [-0.39, 0.29) is 12.1 Å². The van der Waals surface area contributed by atoms with Crippen LogP contribution in [0.15, 0.2) is 30.3 Å². The summed E-state index contributed by atoms with van der Waals surface area (Å²) in [6, 6.07) is 10.2. The van der Waals surface area contributed by atoms with E-state index >= 15 is 0 Å². The van der Waals surface area contributed by atoms with Gasteiger partial charge in [-0.1, -0.05) is 44.2 Å². The first-order valence-electron chi connectivity index (χ1n) is 6.45. The quantitative estimate of drug-likeness (QED) is 0.818. The van der Waals surface area contributed by atoms with Gasteiger partial charge < -0.3 is 4.74 Å². The van der Waals surface area contributed by atoms with Gasteiger partial charge in [0.2, 0.25) is 0 Å². The molecule has 98 valence electrons. The van der Waals surface area contributed by atoms with Gasteiger partial charge >= 0.3 is 6.09 Å². The van der Waals surface area contributed by atoms with Crippen molar-refractivity contribution in [2.45, 2.75) is 45.9 Å². The molecule has 0 bridgehead atoms. The van der Waals surface area contributed by atoms with Gasteiger partial charge in [0.15, 0.2) is 0 Å². The summed E-state index contributed by atoms with van der Waals surface area (Å²) in [4.78, 5) is 13.9. The molecular weight excluding hydrogens is 226 g/mol. The summed E-state index contributed by atoms with van der Waals surface area (Å²) in [6.45, 7) is 8.85. The molecule has 1 aliphatic rings. The van der Waals surface area contributed by atoms with Gasteiger partial charge in [0.1, 0.15) is 5.60 Å². The fraction of sp³-hybridized carbons (Fsp3) is 0.533. The van der Waals surface area contributed by atoms with Crippen LogP contribution in [0.2, 0.25) is 0 Å². The molecule has 18 heavy (non-hydrogen) atoms. The average molecular weight is 247 g/mol. The predicted octanol–water partition coefficient (Wildman–Crippen LogP) is 3.44. The zero-order valence-corrected chi connectivity index (χ0v) is 11.5. The molecular formula is C15H21NO2. The minimum Gasteiger partial charge on any atom is -0.441 e. The maximum Gasteiger partial charge on any atom is 0.411 e. The van der Waals surface area contributed by atoms with E-state index in [0.717, 1.165) is 5.56 Å². The second-order valence-electron chi connectivity index (χ2n) is 5.77. The van der Waals surface area contributed by atoms with Crippen LogP contribution in [-0.4, -0.2) is 22.6 Å². The molecule has 1 aromatic rings. The van der Waals surface area contributed by atoms with Crippen LogP contribution in [0.5, 0.6) is 0 Å². The van der Waals surface area contributed by atoms with E-state index in [1.54, 1.807) is 0 Å². The fourth-order valence-electron chi connectivity index (χ4n) is 2.94. The molecule has 1 heterocycles. The van der Waals surface area contributed by atoms with Gasteiger partial charge in [0, 0.05) is 6.54 Å². The lowest BCUT2D eigenvalue weighted by atomic mass is 9.89. The van der Waals surface area contributed by atoms with Gasteiger partial charge in [0.25, 0.3) is 0 Å². The van der Waals surface area contributed by atoms with Crippen LogP contribution >= 0.6 is 0 Å². The Labute approximate surface area is 109 Å². The predicted molar refractivity (Wildman–Crippen MR) is 71.2 cm³/mol. The maximum atomic E-state index is 12.0. The molecule has 1 amide bonds. The molecule has 0 aliphatic carbocycles. The number of rotatable bonds is 3. The third kappa shape index (κ3) is 2.35. The summed E-state index contributed by atoms with van der Waals surface area (Å²) in [5.41, 5.74) is 0.720. The summed E-state index contributed by atoms with van der Waals surface area (Å²) < 4.78 is 5.49. The summed E-state index contributed by atoms with van der Waals surface area (Å²) >= 11 is 0. The van der Waals surface area contributed by atoms with E-state index in [1.165, 1.54) is 0 Å². The average Bonchev–Trinajstić information content (AvgIpc) is 2.49. The fourth-order valence-corrected chi connectivity index (χ4v) is 2.94. The summed E-state index contributed by atoms with van der Waals surface area (Å²) in [7, 11) is 0. The lowest BCUT2D eigenvalue weighted by molar-refractivity contribution is 0.0549. The summed E-state index contributed by atoms with van der Waals surface area (Å²) in [6.07, 6.45) is -0.206. The van der Waals surface area contributed by atoms with Gasteiger partial charge in [-0.15, -0.1) is 0 Å². The molecule has 0 radical (unpaired) electrons.